The van der Waals surface area contributed by atoms with E-state index in [9.17, 15) is 5.11 Å². The van der Waals surface area contributed by atoms with E-state index in [2.05, 4.69) is 33.2 Å². The smallest absolute Gasteiger partial charge is 0.139 e. The standard InChI is InChI=1S/C17H24N4O2/c1-20-9-6-15(22)17(11-20)7-3-8-21(12-17)10-13-4-2-5-14-16(13)19-23-18-14/h2,4-5,15,22H,3,6-12H2,1H3/t15-,17-/m0/s1. The van der Waals surface area contributed by atoms with E-state index in [-0.39, 0.29) is 11.5 Å². The summed E-state index contributed by atoms with van der Waals surface area (Å²) in [4.78, 5) is 4.81. The van der Waals surface area contributed by atoms with E-state index >= 15 is 0 Å². The van der Waals surface area contributed by atoms with Crippen molar-refractivity contribution in [2.24, 2.45) is 5.41 Å². The van der Waals surface area contributed by atoms with Gasteiger partial charge in [-0.05, 0) is 54.8 Å². The van der Waals surface area contributed by atoms with Crippen molar-refractivity contribution in [3.05, 3.63) is 23.8 Å². The maximum absolute atomic E-state index is 10.6. The summed E-state index contributed by atoms with van der Waals surface area (Å²) < 4.78 is 4.87. The highest BCUT2D eigenvalue weighted by Crippen LogP contribution is 2.39. The van der Waals surface area contributed by atoms with Crippen LogP contribution < -0.4 is 0 Å². The van der Waals surface area contributed by atoms with Crippen LogP contribution in [-0.2, 0) is 6.54 Å². The zero-order valence-electron chi connectivity index (χ0n) is 13.6. The number of nitrogens with zero attached hydrogens (tertiary/aromatic N) is 4. The molecule has 4 rings (SSSR count). The molecule has 2 aliphatic heterocycles. The van der Waals surface area contributed by atoms with Crippen LogP contribution in [0.25, 0.3) is 11.0 Å². The lowest BCUT2D eigenvalue weighted by atomic mass is 9.71. The number of piperidine rings is 2. The Kier molecular flexibility index (Phi) is 3.83. The molecule has 0 radical (unpaired) electrons. The monoisotopic (exact) mass is 316 g/mol. The molecule has 0 aliphatic carbocycles. The third-order valence-corrected chi connectivity index (χ3v) is 5.53. The van der Waals surface area contributed by atoms with Gasteiger partial charge in [-0.15, -0.1) is 0 Å². The first kappa shape index (κ1) is 15.1. The van der Waals surface area contributed by atoms with Gasteiger partial charge in [0.15, 0.2) is 0 Å². The van der Waals surface area contributed by atoms with Gasteiger partial charge in [0.05, 0.1) is 6.10 Å². The van der Waals surface area contributed by atoms with Crippen molar-refractivity contribution in [1.29, 1.82) is 0 Å². The lowest BCUT2D eigenvalue weighted by Gasteiger charge is -2.50. The maximum Gasteiger partial charge on any atom is 0.139 e. The fourth-order valence-electron chi connectivity index (χ4n) is 4.40. The van der Waals surface area contributed by atoms with Gasteiger partial charge in [0.25, 0.3) is 0 Å². The Morgan fingerprint density at radius 1 is 1.30 bits per heavy atom. The van der Waals surface area contributed by atoms with Crippen molar-refractivity contribution in [3.8, 4) is 0 Å². The van der Waals surface area contributed by atoms with E-state index in [1.165, 1.54) is 0 Å². The van der Waals surface area contributed by atoms with Gasteiger partial charge in [0.2, 0.25) is 0 Å². The van der Waals surface area contributed by atoms with Crippen molar-refractivity contribution in [2.45, 2.75) is 31.9 Å². The summed E-state index contributed by atoms with van der Waals surface area (Å²) in [5, 5.41) is 18.6. The summed E-state index contributed by atoms with van der Waals surface area (Å²) in [6, 6.07) is 6.02. The van der Waals surface area contributed by atoms with Crippen LogP contribution in [0.15, 0.2) is 22.8 Å². The Morgan fingerprint density at radius 2 is 2.22 bits per heavy atom. The average molecular weight is 316 g/mol. The Labute approximate surface area is 136 Å². The summed E-state index contributed by atoms with van der Waals surface area (Å²) >= 11 is 0. The molecule has 0 bridgehead atoms. The number of aliphatic hydroxyl groups is 1. The Bertz CT molecular complexity index is 688. The van der Waals surface area contributed by atoms with Gasteiger partial charge in [-0.25, -0.2) is 4.63 Å². The SMILES string of the molecule is CN1CC[C@H](O)[C@@]2(CCCN(Cc3cccc4nonc34)C2)C1. The van der Waals surface area contributed by atoms with Crippen LogP contribution in [0.2, 0.25) is 0 Å². The second-order valence-electron chi connectivity index (χ2n) is 7.27. The molecule has 1 aromatic heterocycles. The third-order valence-electron chi connectivity index (χ3n) is 5.53. The van der Waals surface area contributed by atoms with Crippen LogP contribution in [0.4, 0.5) is 0 Å². The molecule has 2 aromatic rings. The maximum atomic E-state index is 10.6. The van der Waals surface area contributed by atoms with Gasteiger partial charge < -0.3 is 10.0 Å². The summed E-state index contributed by atoms with van der Waals surface area (Å²) in [7, 11) is 2.16. The first-order chi connectivity index (χ1) is 11.2. The quantitative estimate of drug-likeness (QED) is 0.906. The van der Waals surface area contributed by atoms with Gasteiger partial charge in [0.1, 0.15) is 11.0 Å². The highest BCUT2D eigenvalue weighted by molar-refractivity contribution is 5.76. The fourth-order valence-corrected chi connectivity index (χ4v) is 4.40. The van der Waals surface area contributed by atoms with Gasteiger partial charge in [-0.1, -0.05) is 12.1 Å². The minimum atomic E-state index is -0.189. The Balaban J connectivity index is 1.54. The van der Waals surface area contributed by atoms with Crippen molar-refractivity contribution in [3.63, 3.8) is 0 Å². The molecule has 1 spiro atoms. The minimum absolute atomic E-state index is 0.0151. The second kappa shape index (κ2) is 5.85. The Morgan fingerprint density at radius 3 is 3.13 bits per heavy atom. The number of rotatable bonds is 2. The van der Waals surface area contributed by atoms with Gasteiger partial charge in [0, 0.05) is 31.6 Å². The molecule has 0 amide bonds. The van der Waals surface area contributed by atoms with Gasteiger partial charge >= 0.3 is 0 Å². The van der Waals surface area contributed by atoms with E-state index in [1.807, 2.05) is 12.1 Å². The van der Waals surface area contributed by atoms with Crippen LogP contribution in [0.3, 0.4) is 0 Å². The molecule has 0 unspecified atom stereocenters. The lowest BCUT2D eigenvalue weighted by Crippen LogP contribution is -2.58. The number of fused-ring (bicyclic) bond motifs is 1. The van der Waals surface area contributed by atoms with E-state index in [0.29, 0.717) is 0 Å². The van der Waals surface area contributed by atoms with Crippen LogP contribution >= 0.6 is 0 Å². The number of hydrogen-bond donors (Lipinski definition) is 1. The van der Waals surface area contributed by atoms with Crippen molar-refractivity contribution in [1.82, 2.24) is 20.1 Å². The van der Waals surface area contributed by atoms with Crippen molar-refractivity contribution in [2.75, 3.05) is 33.2 Å². The van der Waals surface area contributed by atoms with Crippen molar-refractivity contribution < 1.29 is 9.74 Å². The molecule has 124 valence electrons. The molecule has 6 nitrogen and oxygen atoms in total. The highest BCUT2D eigenvalue weighted by Gasteiger charge is 2.44. The van der Waals surface area contributed by atoms with Gasteiger partial charge in [-0.3, -0.25) is 4.90 Å². The normalized spacial score (nSPS) is 30.3. The molecule has 6 heteroatoms. The van der Waals surface area contributed by atoms with Gasteiger partial charge in [-0.2, -0.15) is 0 Å². The van der Waals surface area contributed by atoms with Crippen LogP contribution in [0.1, 0.15) is 24.8 Å². The van der Waals surface area contributed by atoms with Crippen LogP contribution in [-0.4, -0.2) is 64.6 Å². The van der Waals surface area contributed by atoms with E-state index < -0.39 is 0 Å². The molecule has 3 heterocycles. The summed E-state index contributed by atoms with van der Waals surface area (Å²) in [6.07, 6.45) is 2.95. The second-order valence-corrected chi connectivity index (χ2v) is 7.27. The fraction of sp³-hybridized carbons (Fsp3) is 0.647. The highest BCUT2D eigenvalue weighted by atomic mass is 16.6. The van der Waals surface area contributed by atoms with E-state index in [1.54, 1.807) is 0 Å². The summed E-state index contributed by atoms with van der Waals surface area (Å²) in [5.41, 5.74) is 2.83. The zero-order valence-corrected chi connectivity index (χ0v) is 13.6. The van der Waals surface area contributed by atoms with Crippen LogP contribution in [0, 0.1) is 5.41 Å². The number of aromatic nitrogens is 2. The number of likely N-dealkylation sites (tertiary alicyclic amines) is 2. The number of hydrogen-bond acceptors (Lipinski definition) is 6. The van der Waals surface area contributed by atoms with Crippen molar-refractivity contribution >= 4 is 11.0 Å². The largest absolute Gasteiger partial charge is 0.392 e. The number of benzene rings is 1. The first-order valence-electron chi connectivity index (χ1n) is 8.45. The predicted octanol–water partition coefficient (Wildman–Crippen LogP) is 1.50. The minimum Gasteiger partial charge on any atom is -0.392 e. The summed E-state index contributed by atoms with van der Waals surface area (Å²) in [5.74, 6) is 0. The van der Waals surface area contributed by atoms with Crippen LogP contribution in [0.5, 0.6) is 0 Å². The number of aliphatic hydroxyl groups excluding tert-OH is 1. The zero-order chi connectivity index (χ0) is 15.9. The molecule has 23 heavy (non-hydrogen) atoms. The first-order valence-corrected chi connectivity index (χ1v) is 8.45. The molecule has 1 N–H and O–H groups in total. The molecule has 1 aromatic carbocycles. The van der Waals surface area contributed by atoms with E-state index in [4.69, 9.17) is 4.63 Å². The topological polar surface area (TPSA) is 65.6 Å². The molecule has 2 atom stereocenters. The average Bonchev–Trinajstić information content (AvgIpc) is 3.01. The van der Waals surface area contributed by atoms with E-state index in [0.717, 1.165) is 68.6 Å². The molecule has 2 aliphatic rings. The molecule has 0 saturated carbocycles. The third kappa shape index (κ3) is 2.75. The lowest BCUT2D eigenvalue weighted by molar-refractivity contribution is -0.0807. The molecular weight excluding hydrogens is 292 g/mol. The summed E-state index contributed by atoms with van der Waals surface area (Å²) in [6.45, 7) is 4.83. The molecular formula is C17H24N4O2. The molecule has 2 fully saturated rings. The predicted molar refractivity (Wildman–Crippen MR) is 86.9 cm³/mol. The Hall–Kier alpha value is -1.50. The molecule has 2 saturated heterocycles.